The third-order valence-electron chi connectivity index (χ3n) is 2.07. The van der Waals surface area contributed by atoms with Gasteiger partial charge in [0.05, 0.1) is 17.6 Å². The Morgan fingerprint density at radius 3 is 2.47 bits per heavy atom. The Bertz CT molecular complexity index is 484. The number of hydrogen-bond acceptors (Lipinski definition) is 4. The molecule has 0 fully saturated rings. The van der Waals surface area contributed by atoms with E-state index in [-0.39, 0.29) is 0 Å². The zero-order chi connectivity index (χ0) is 10.8. The van der Waals surface area contributed by atoms with E-state index in [4.69, 9.17) is 11.6 Å². The Morgan fingerprint density at radius 2 is 1.80 bits per heavy atom. The van der Waals surface area contributed by atoms with Crippen molar-refractivity contribution in [3.8, 4) is 11.4 Å². The smallest absolute Gasteiger partial charge is 0.157 e. The average molecular weight is 221 g/mol. The summed E-state index contributed by atoms with van der Waals surface area (Å²) in [5.74, 6) is 0. The highest BCUT2D eigenvalue weighted by atomic mass is 35.5. The van der Waals surface area contributed by atoms with Crippen molar-refractivity contribution in [1.29, 1.82) is 0 Å². The van der Waals surface area contributed by atoms with Crippen molar-refractivity contribution in [2.75, 3.05) is 0 Å². The van der Waals surface area contributed by atoms with Gasteiger partial charge in [0.15, 0.2) is 5.15 Å². The fourth-order valence-electron chi connectivity index (χ4n) is 1.16. The highest BCUT2D eigenvalue weighted by Crippen LogP contribution is 2.22. The van der Waals surface area contributed by atoms with Crippen LogP contribution in [0, 0.1) is 13.8 Å². The quantitative estimate of drug-likeness (QED) is 0.740. The Balaban J connectivity index is 2.59. The lowest BCUT2D eigenvalue weighted by molar-refractivity contribution is 1.04. The third kappa shape index (κ3) is 1.94. The summed E-state index contributed by atoms with van der Waals surface area (Å²) in [5, 5.41) is 0.360. The van der Waals surface area contributed by atoms with E-state index in [0.717, 1.165) is 11.4 Å². The number of aryl methyl sites for hydroxylation is 2. The average Bonchev–Trinajstić information content (AvgIpc) is 2.25. The minimum atomic E-state index is 0.360. The Labute approximate surface area is 92.4 Å². The second-order valence-electron chi connectivity index (χ2n) is 3.12. The summed E-state index contributed by atoms with van der Waals surface area (Å²) >= 11 is 5.99. The molecule has 0 spiro atoms. The maximum absolute atomic E-state index is 5.99. The molecular weight excluding hydrogens is 212 g/mol. The van der Waals surface area contributed by atoms with Crippen molar-refractivity contribution in [3.63, 3.8) is 0 Å². The van der Waals surface area contributed by atoms with Crippen LogP contribution < -0.4 is 0 Å². The first-order valence-corrected chi connectivity index (χ1v) is 4.83. The maximum Gasteiger partial charge on any atom is 0.157 e. The molecule has 76 valence electrons. The minimum Gasteiger partial charge on any atom is -0.261 e. The van der Waals surface area contributed by atoms with E-state index in [1.165, 1.54) is 0 Å². The van der Waals surface area contributed by atoms with Crippen molar-refractivity contribution in [2.24, 2.45) is 0 Å². The van der Waals surface area contributed by atoms with Gasteiger partial charge in [-0.25, -0.2) is 9.97 Å². The van der Waals surface area contributed by atoms with Crippen LogP contribution in [0.2, 0.25) is 5.15 Å². The number of nitrogens with zero attached hydrogens (tertiary/aromatic N) is 4. The van der Waals surface area contributed by atoms with Crippen molar-refractivity contribution in [3.05, 3.63) is 35.1 Å². The molecule has 0 unspecified atom stereocenters. The van der Waals surface area contributed by atoms with E-state index >= 15 is 0 Å². The fraction of sp³-hybridized carbons (Fsp3) is 0.200. The summed E-state index contributed by atoms with van der Waals surface area (Å²) < 4.78 is 0. The van der Waals surface area contributed by atoms with E-state index in [0.29, 0.717) is 16.5 Å². The Morgan fingerprint density at radius 1 is 1.07 bits per heavy atom. The second kappa shape index (κ2) is 3.90. The van der Waals surface area contributed by atoms with Crippen LogP contribution in [-0.4, -0.2) is 19.9 Å². The molecule has 5 heteroatoms. The highest BCUT2D eigenvalue weighted by molar-refractivity contribution is 6.31. The zero-order valence-corrected chi connectivity index (χ0v) is 9.15. The first kappa shape index (κ1) is 9.98. The van der Waals surface area contributed by atoms with Crippen LogP contribution in [0.3, 0.4) is 0 Å². The number of aromatic nitrogens is 4. The van der Waals surface area contributed by atoms with Crippen LogP contribution >= 0.6 is 11.6 Å². The molecule has 0 radical (unpaired) electrons. The lowest BCUT2D eigenvalue weighted by Gasteiger charge is -2.04. The van der Waals surface area contributed by atoms with E-state index in [1.807, 2.05) is 13.8 Å². The van der Waals surface area contributed by atoms with Crippen LogP contribution in [0.15, 0.2) is 18.6 Å². The summed E-state index contributed by atoms with van der Waals surface area (Å²) in [7, 11) is 0. The van der Waals surface area contributed by atoms with Gasteiger partial charge in [0.1, 0.15) is 11.4 Å². The van der Waals surface area contributed by atoms with Crippen molar-refractivity contribution in [1.82, 2.24) is 19.9 Å². The van der Waals surface area contributed by atoms with Gasteiger partial charge in [-0.1, -0.05) is 11.6 Å². The van der Waals surface area contributed by atoms with Gasteiger partial charge in [0, 0.05) is 12.4 Å². The van der Waals surface area contributed by atoms with Gasteiger partial charge in [-0.2, -0.15) is 0 Å². The topological polar surface area (TPSA) is 51.6 Å². The van der Waals surface area contributed by atoms with Gasteiger partial charge in [-0.3, -0.25) is 9.97 Å². The van der Waals surface area contributed by atoms with Crippen molar-refractivity contribution >= 4 is 11.6 Å². The molecule has 2 heterocycles. The van der Waals surface area contributed by atoms with E-state index in [9.17, 15) is 0 Å². The van der Waals surface area contributed by atoms with Gasteiger partial charge in [-0.05, 0) is 13.8 Å². The van der Waals surface area contributed by atoms with E-state index in [1.54, 1.807) is 18.6 Å². The van der Waals surface area contributed by atoms with Crippen LogP contribution in [0.4, 0.5) is 0 Å². The van der Waals surface area contributed by atoms with E-state index < -0.39 is 0 Å². The summed E-state index contributed by atoms with van der Waals surface area (Å²) in [6.45, 7) is 3.76. The second-order valence-corrected chi connectivity index (χ2v) is 3.48. The lowest BCUT2D eigenvalue weighted by atomic mass is 10.3. The summed E-state index contributed by atoms with van der Waals surface area (Å²) in [6, 6.07) is 0. The molecule has 2 rings (SSSR count). The zero-order valence-electron chi connectivity index (χ0n) is 8.40. The van der Waals surface area contributed by atoms with E-state index in [2.05, 4.69) is 19.9 Å². The van der Waals surface area contributed by atoms with Crippen LogP contribution in [0.25, 0.3) is 11.4 Å². The molecule has 0 amide bonds. The van der Waals surface area contributed by atoms with Gasteiger partial charge >= 0.3 is 0 Å². The van der Waals surface area contributed by atoms with Gasteiger partial charge in [-0.15, -0.1) is 0 Å². The summed E-state index contributed by atoms with van der Waals surface area (Å²) in [4.78, 5) is 16.6. The van der Waals surface area contributed by atoms with Crippen LogP contribution in [-0.2, 0) is 0 Å². The third-order valence-corrected chi connectivity index (χ3v) is 2.33. The highest BCUT2D eigenvalue weighted by Gasteiger charge is 2.10. The monoisotopic (exact) mass is 220 g/mol. The molecule has 0 aliphatic heterocycles. The summed E-state index contributed by atoms with van der Waals surface area (Å²) in [5.41, 5.74) is 2.89. The first-order chi connectivity index (χ1) is 7.18. The molecule has 4 nitrogen and oxygen atoms in total. The SMILES string of the molecule is Cc1nc(Cl)c(-c2cnccn2)nc1C. The van der Waals surface area contributed by atoms with Crippen molar-refractivity contribution in [2.45, 2.75) is 13.8 Å². The number of hydrogen-bond donors (Lipinski definition) is 0. The van der Waals surface area contributed by atoms with Gasteiger partial charge in [0.25, 0.3) is 0 Å². The first-order valence-electron chi connectivity index (χ1n) is 4.45. The molecular formula is C10H9ClN4. The summed E-state index contributed by atoms with van der Waals surface area (Å²) in [6.07, 6.45) is 4.82. The predicted octanol–water partition coefficient (Wildman–Crippen LogP) is 2.20. The molecule has 2 aromatic heterocycles. The Kier molecular flexibility index (Phi) is 2.60. The molecule has 0 saturated carbocycles. The molecule has 2 aromatic rings. The predicted molar refractivity (Wildman–Crippen MR) is 57.5 cm³/mol. The van der Waals surface area contributed by atoms with Gasteiger partial charge < -0.3 is 0 Å². The van der Waals surface area contributed by atoms with Crippen LogP contribution in [0.5, 0.6) is 0 Å². The van der Waals surface area contributed by atoms with Crippen LogP contribution in [0.1, 0.15) is 11.4 Å². The minimum absolute atomic E-state index is 0.360. The molecule has 0 aliphatic rings. The molecule has 0 N–H and O–H groups in total. The molecule has 0 saturated heterocycles. The van der Waals surface area contributed by atoms with Gasteiger partial charge in [0.2, 0.25) is 0 Å². The Hall–Kier alpha value is -1.55. The molecule has 0 aliphatic carbocycles. The largest absolute Gasteiger partial charge is 0.261 e. The normalized spacial score (nSPS) is 10.3. The maximum atomic E-state index is 5.99. The molecule has 0 bridgehead atoms. The molecule has 15 heavy (non-hydrogen) atoms. The molecule has 0 aromatic carbocycles. The number of halogens is 1. The molecule has 0 atom stereocenters. The van der Waals surface area contributed by atoms with Crippen molar-refractivity contribution < 1.29 is 0 Å². The standard InChI is InChI=1S/C10H9ClN4/c1-6-7(2)15-10(11)9(14-6)8-5-12-3-4-13-8/h3-5H,1-2H3. The lowest BCUT2D eigenvalue weighted by Crippen LogP contribution is -1.97. The fourth-order valence-corrected chi connectivity index (χ4v) is 1.43. The number of rotatable bonds is 1.